The second-order valence-electron chi connectivity index (χ2n) is 5.29. The fourth-order valence-electron chi connectivity index (χ4n) is 2.48. The van der Waals surface area contributed by atoms with E-state index in [2.05, 4.69) is 0 Å². The van der Waals surface area contributed by atoms with Crippen LogP contribution in [0.5, 0.6) is 0 Å². The number of nitrogens with zero attached hydrogens (tertiary/aromatic N) is 2. The molecule has 0 aliphatic carbocycles. The summed E-state index contributed by atoms with van der Waals surface area (Å²) in [4.78, 5) is 29.2. The van der Waals surface area contributed by atoms with E-state index in [1.54, 1.807) is 22.7 Å². The van der Waals surface area contributed by atoms with Crippen LogP contribution >= 0.6 is 11.8 Å². The number of benzene rings is 1. The van der Waals surface area contributed by atoms with Gasteiger partial charge < -0.3 is 14.2 Å². The van der Waals surface area contributed by atoms with Crippen molar-refractivity contribution in [3.8, 4) is 0 Å². The Morgan fingerprint density at radius 1 is 1.00 bits per heavy atom. The lowest BCUT2D eigenvalue weighted by Gasteiger charge is -2.34. The van der Waals surface area contributed by atoms with E-state index in [4.69, 9.17) is 4.42 Å². The van der Waals surface area contributed by atoms with Crippen LogP contribution in [0, 0.1) is 0 Å². The summed E-state index contributed by atoms with van der Waals surface area (Å²) in [5.41, 5.74) is 0.560. The number of carbonyl (C=O) groups is 2. The van der Waals surface area contributed by atoms with Crippen LogP contribution in [0.25, 0.3) is 0 Å². The van der Waals surface area contributed by atoms with E-state index in [0.717, 1.165) is 4.90 Å². The molecule has 2 heterocycles. The van der Waals surface area contributed by atoms with Crippen molar-refractivity contribution in [2.75, 3.05) is 31.9 Å². The van der Waals surface area contributed by atoms with Gasteiger partial charge in [0.05, 0.1) is 17.6 Å². The number of amides is 2. The Morgan fingerprint density at radius 2 is 1.70 bits per heavy atom. The third kappa shape index (κ3) is 3.96. The minimum Gasteiger partial charge on any atom is -0.472 e. The monoisotopic (exact) mass is 330 g/mol. The molecule has 6 heteroatoms. The van der Waals surface area contributed by atoms with Crippen LogP contribution in [-0.2, 0) is 4.79 Å². The van der Waals surface area contributed by atoms with Crippen molar-refractivity contribution in [2.45, 2.75) is 4.90 Å². The molecule has 120 valence electrons. The summed E-state index contributed by atoms with van der Waals surface area (Å²) in [7, 11) is 0. The fraction of sp³-hybridized carbons (Fsp3) is 0.294. The highest BCUT2D eigenvalue weighted by Gasteiger charge is 2.25. The van der Waals surface area contributed by atoms with Crippen LogP contribution in [0.3, 0.4) is 0 Å². The van der Waals surface area contributed by atoms with Crippen molar-refractivity contribution in [1.29, 1.82) is 0 Å². The van der Waals surface area contributed by atoms with Gasteiger partial charge in [0.2, 0.25) is 5.91 Å². The van der Waals surface area contributed by atoms with Gasteiger partial charge in [-0.1, -0.05) is 18.2 Å². The van der Waals surface area contributed by atoms with Crippen molar-refractivity contribution in [2.24, 2.45) is 0 Å². The lowest BCUT2D eigenvalue weighted by atomic mass is 10.2. The zero-order chi connectivity index (χ0) is 16.1. The van der Waals surface area contributed by atoms with E-state index in [0.29, 0.717) is 37.5 Å². The van der Waals surface area contributed by atoms with Gasteiger partial charge in [0.25, 0.3) is 5.91 Å². The van der Waals surface area contributed by atoms with Crippen LogP contribution in [0.1, 0.15) is 10.4 Å². The topological polar surface area (TPSA) is 53.8 Å². The summed E-state index contributed by atoms with van der Waals surface area (Å²) in [5.74, 6) is 0.512. The van der Waals surface area contributed by atoms with Crippen LogP contribution in [0.4, 0.5) is 0 Å². The molecule has 1 aliphatic heterocycles. The Kier molecular flexibility index (Phi) is 5.02. The Hall–Kier alpha value is -2.21. The first kappa shape index (κ1) is 15.7. The molecular formula is C17H18N2O3S. The second-order valence-corrected chi connectivity index (χ2v) is 6.34. The van der Waals surface area contributed by atoms with Crippen molar-refractivity contribution in [3.05, 3.63) is 54.5 Å². The second kappa shape index (κ2) is 7.37. The van der Waals surface area contributed by atoms with Crippen LogP contribution in [-0.4, -0.2) is 53.5 Å². The highest BCUT2D eigenvalue weighted by molar-refractivity contribution is 8.00. The summed E-state index contributed by atoms with van der Waals surface area (Å²) in [5, 5.41) is 0. The highest BCUT2D eigenvalue weighted by Crippen LogP contribution is 2.18. The molecular weight excluding hydrogens is 312 g/mol. The van der Waals surface area contributed by atoms with Crippen molar-refractivity contribution in [1.82, 2.24) is 9.80 Å². The Balaban J connectivity index is 1.47. The number of carbonyl (C=O) groups excluding carboxylic acids is 2. The van der Waals surface area contributed by atoms with E-state index in [-0.39, 0.29) is 11.8 Å². The van der Waals surface area contributed by atoms with E-state index in [9.17, 15) is 9.59 Å². The van der Waals surface area contributed by atoms with Crippen LogP contribution < -0.4 is 0 Å². The number of thioether (sulfide) groups is 1. The molecule has 2 amide bonds. The molecule has 3 rings (SSSR count). The van der Waals surface area contributed by atoms with E-state index in [1.807, 2.05) is 35.2 Å². The zero-order valence-corrected chi connectivity index (χ0v) is 13.5. The smallest absolute Gasteiger partial charge is 0.257 e. The van der Waals surface area contributed by atoms with Gasteiger partial charge in [-0.2, -0.15) is 0 Å². The maximum atomic E-state index is 12.3. The van der Waals surface area contributed by atoms with Crippen LogP contribution in [0.15, 0.2) is 58.2 Å². The highest BCUT2D eigenvalue weighted by atomic mass is 32.2. The van der Waals surface area contributed by atoms with Crippen molar-refractivity contribution in [3.63, 3.8) is 0 Å². The molecule has 1 aromatic heterocycles. The molecule has 1 fully saturated rings. The summed E-state index contributed by atoms with van der Waals surface area (Å²) in [6.07, 6.45) is 2.95. The Morgan fingerprint density at radius 3 is 2.35 bits per heavy atom. The van der Waals surface area contributed by atoms with Gasteiger partial charge in [-0.25, -0.2) is 0 Å². The molecule has 0 spiro atoms. The molecule has 0 bridgehead atoms. The molecule has 0 N–H and O–H groups in total. The Bertz CT molecular complexity index is 650. The molecule has 5 nitrogen and oxygen atoms in total. The lowest BCUT2D eigenvalue weighted by Crippen LogP contribution is -2.51. The predicted molar refractivity (Wildman–Crippen MR) is 88.4 cm³/mol. The molecule has 1 aromatic carbocycles. The van der Waals surface area contributed by atoms with E-state index >= 15 is 0 Å². The fourth-order valence-corrected chi connectivity index (χ4v) is 3.30. The number of hydrogen-bond donors (Lipinski definition) is 0. The normalized spacial score (nSPS) is 14.8. The molecule has 0 atom stereocenters. The molecule has 23 heavy (non-hydrogen) atoms. The maximum absolute atomic E-state index is 12.3. The van der Waals surface area contributed by atoms with E-state index < -0.39 is 0 Å². The van der Waals surface area contributed by atoms with Gasteiger partial charge in [-0.15, -0.1) is 11.8 Å². The molecule has 2 aromatic rings. The van der Waals surface area contributed by atoms with Gasteiger partial charge in [-0.05, 0) is 18.2 Å². The van der Waals surface area contributed by atoms with Crippen molar-refractivity contribution >= 4 is 23.6 Å². The summed E-state index contributed by atoms with van der Waals surface area (Å²) in [6.45, 7) is 2.28. The summed E-state index contributed by atoms with van der Waals surface area (Å²) in [6, 6.07) is 11.6. The molecule has 0 saturated carbocycles. The molecule has 1 aliphatic rings. The average Bonchev–Trinajstić information content (AvgIpc) is 3.15. The van der Waals surface area contributed by atoms with Crippen LogP contribution in [0.2, 0.25) is 0 Å². The Labute approximate surface area is 139 Å². The van der Waals surface area contributed by atoms with Gasteiger partial charge in [0, 0.05) is 31.1 Å². The van der Waals surface area contributed by atoms with Gasteiger partial charge in [0.15, 0.2) is 0 Å². The number of hydrogen-bond acceptors (Lipinski definition) is 4. The number of piperazine rings is 1. The van der Waals surface area contributed by atoms with Gasteiger partial charge in [-0.3, -0.25) is 9.59 Å². The maximum Gasteiger partial charge on any atom is 0.257 e. The summed E-state index contributed by atoms with van der Waals surface area (Å²) < 4.78 is 4.94. The first-order valence-corrected chi connectivity index (χ1v) is 8.50. The van der Waals surface area contributed by atoms with Gasteiger partial charge >= 0.3 is 0 Å². The third-order valence-corrected chi connectivity index (χ3v) is 4.79. The largest absolute Gasteiger partial charge is 0.472 e. The average molecular weight is 330 g/mol. The first-order valence-electron chi connectivity index (χ1n) is 7.51. The molecule has 0 unspecified atom stereocenters. The summed E-state index contributed by atoms with van der Waals surface area (Å²) >= 11 is 1.54. The SMILES string of the molecule is O=C(CSc1ccccc1)N1CCN(C(=O)c2ccoc2)CC1. The molecule has 0 radical (unpaired) electrons. The number of furan rings is 1. The third-order valence-electron chi connectivity index (χ3n) is 3.79. The lowest BCUT2D eigenvalue weighted by molar-refractivity contribution is -0.129. The quantitative estimate of drug-likeness (QED) is 0.808. The van der Waals surface area contributed by atoms with Gasteiger partial charge in [0.1, 0.15) is 6.26 Å². The molecule has 1 saturated heterocycles. The zero-order valence-electron chi connectivity index (χ0n) is 12.7. The predicted octanol–water partition coefficient (Wildman–Crippen LogP) is 2.36. The minimum atomic E-state index is -0.0375. The van der Waals surface area contributed by atoms with E-state index in [1.165, 1.54) is 12.5 Å². The first-order chi connectivity index (χ1) is 11.2. The standard InChI is InChI=1S/C17H18N2O3S/c20-16(13-23-15-4-2-1-3-5-15)18-7-9-19(10-8-18)17(21)14-6-11-22-12-14/h1-6,11-12H,7-10,13H2. The minimum absolute atomic E-state index is 0.0375. The van der Waals surface area contributed by atoms with Crippen molar-refractivity contribution < 1.29 is 14.0 Å². The number of rotatable bonds is 4.